The number of amides is 1. The maximum Gasteiger partial charge on any atom is 0.339 e. The van der Waals surface area contributed by atoms with Crippen molar-refractivity contribution in [2.24, 2.45) is 0 Å². The Kier molecular flexibility index (Phi) is 9.35. The third-order valence-electron chi connectivity index (χ3n) is 6.67. The molecule has 1 fully saturated rings. The molecule has 1 heterocycles. The first-order valence-electron chi connectivity index (χ1n) is 13.0. The molecule has 1 aliphatic rings. The van der Waals surface area contributed by atoms with Crippen molar-refractivity contribution < 1.29 is 24.2 Å². The number of carbonyl (C=O) groups excluding carboxylic acids is 2. The summed E-state index contributed by atoms with van der Waals surface area (Å²) in [5.41, 5.74) is 2.31. The topological polar surface area (TPSA) is 91.3 Å². The summed E-state index contributed by atoms with van der Waals surface area (Å²) in [5, 5.41) is 13.2. The molecule has 0 aromatic heterocycles. The summed E-state index contributed by atoms with van der Waals surface area (Å²) in [6, 6.07) is 19.4. The third-order valence-corrected chi connectivity index (χ3v) is 6.67. The van der Waals surface area contributed by atoms with Crippen LogP contribution in [0, 0.1) is 0 Å². The number of nitrogens with one attached hydrogen (secondary N) is 1. The minimum Gasteiger partial charge on any atom is -0.507 e. The first-order chi connectivity index (χ1) is 18.5. The molecule has 0 atom stereocenters. The number of rotatable bonds is 10. The number of phenolic OH excluding ortho intramolecular Hbond substituents is 1. The predicted octanol–water partition coefficient (Wildman–Crippen LogP) is 4.50. The molecule has 2 N–H and O–H groups in total. The number of carbonyl (C=O) groups is 2. The largest absolute Gasteiger partial charge is 0.507 e. The van der Waals surface area contributed by atoms with Crippen molar-refractivity contribution in [2.75, 3.05) is 58.3 Å². The number of methoxy groups -OCH3 is 1. The number of esters is 1. The quantitative estimate of drug-likeness (QED) is 0.383. The molecule has 0 radical (unpaired) electrons. The Hall–Kier alpha value is -3.88. The molecule has 0 bridgehead atoms. The third kappa shape index (κ3) is 6.90. The standard InChI is InChI=1S/C30H35N3O5/c1-3-13-32-14-16-33(17-15-32)18-19-38-24-10-12-28(34)26(21-24)29(35)31-27-20-23(22-7-5-4-6-8-22)9-11-25(27)30(36)37-2/h4-12,20-21,34H,3,13-19H2,1-2H3,(H,31,35). The van der Waals surface area contributed by atoms with E-state index in [1.807, 2.05) is 30.3 Å². The van der Waals surface area contributed by atoms with Gasteiger partial charge in [-0.2, -0.15) is 0 Å². The van der Waals surface area contributed by atoms with Gasteiger partial charge in [0.25, 0.3) is 5.91 Å². The second kappa shape index (κ2) is 13.1. The van der Waals surface area contributed by atoms with Crippen LogP contribution in [0.5, 0.6) is 11.5 Å². The van der Waals surface area contributed by atoms with E-state index in [1.54, 1.807) is 24.3 Å². The molecule has 3 aromatic rings. The van der Waals surface area contributed by atoms with Crippen LogP contribution in [0.3, 0.4) is 0 Å². The van der Waals surface area contributed by atoms with Gasteiger partial charge < -0.3 is 24.8 Å². The van der Waals surface area contributed by atoms with Crippen LogP contribution in [0.2, 0.25) is 0 Å². The molecule has 200 valence electrons. The molecular formula is C30H35N3O5. The van der Waals surface area contributed by atoms with Crippen molar-refractivity contribution in [1.29, 1.82) is 0 Å². The molecule has 1 aliphatic heterocycles. The zero-order chi connectivity index (χ0) is 26.9. The lowest BCUT2D eigenvalue weighted by molar-refractivity contribution is 0.0602. The molecule has 4 rings (SSSR count). The van der Waals surface area contributed by atoms with Crippen LogP contribution >= 0.6 is 0 Å². The Morgan fingerprint density at radius 1 is 0.868 bits per heavy atom. The number of phenols is 1. The van der Waals surface area contributed by atoms with Crippen molar-refractivity contribution in [3.63, 3.8) is 0 Å². The van der Waals surface area contributed by atoms with E-state index in [4.69, 9.17) is 9.47 Å². The van der Waals surface area contributed by atoms with Crippen LogP contribution in [-0.4, -0.2) is 79.8 Å². The highest BCUT2D eigenvalue weighted by Crippen LogP contribution is 2.29. The summed E-state index contributed by atoms with van der Waals surface area (Å²) in [5.74, 6) is -0.823. The average Bonchev–Trinajstić information content (AvgIpc) is 2.95. The molecule has 0 aliphatic carbocycles. The molecule has 0 saturated carbocycles. The van der Waals surface area contributed by atoms with Gasteiger partial charge in [0.05, 0.1) is 23.9 Å². The van der Waals surface area contributed by atoms with E-state index >= 15 is 0 Å². The van der Waals surface area contributed by atoms with E-state index in [0.717, 1.165) is 50.4 Å². The van der Waals surface area contributed by atoms with Gasteiger partial charge in [-0.1, -0.05) is 43.3 Å². The van der Waals surface area contributed by atoms with Gasteiger partial charge in [-0.25, -0.2) is 4.79 Å². The van der Waals surface area contributed by atoms with E-state index in [-0.39, 0.29) is 22.6 Å². The van der Waals surface area contributed by atoms with Gasteiger partial charge >= 0.3 is 5.97 Å². The van der Waals surface area contributed by atoms with Gasteiger partial charge in [-0.15, -0.1) is 0 Å². The lowest BCUT2D eigenvalue weighted by Gasteiger charge is -2.34. The van der Waals surface area contributed by atoms with Gasteiger partial charge in [-0.05, 0) is 54.4 Å². The predicted molar refractivity (Wildman–Crippen MR) is 148 cm³/mol. The summed E-state index contributed by atoms with van der Waals surface area (Å²) >= 11 is 0. The highest BCUT2D eigenvalue weighted by atomic mass is 16.5. The Bertz CT molecular complexity index is 1240. The number of ether oxygens (including phenoxy) is 2. The van der Waals surface area contributed by atoms with E-state index in [9.17, 15) is 14.7 Å². The first kappa shape index (κ1) is 27.2. The van der Waals surface area contributed by atoms with E-state index in [0.29, 0.717) is 12.4 Å². The van der Waals surface area contributed by atoms with E-state index in [2.05, 4.69) is 22.0 Å². The van der Waals surface area contributed by atoms with Crippen LogP contribution in [0.15, 0.2) is 66.7 Å². The number of piperazine rings is 1. The normalized spacial score (nSPS) is 14.2. The van der Waals surface area contributed by atoms with Crippen molar-refractivity contribution in [1.82, 2.24) is 9.80 Å². The van der Waals surface area contributed by atoms with Gasteiger partial charge in [0.15, 0.2) is 0 Å². The smallest absolute Gasteiger partial charge is 0.339 e. The van der Waals surface area contributed by atoms with Crippen LogP contribution in [0.1, 0.15) is 34.1 Å². The Morgan fingerprint density at radius 3 is 2.26 bits per heavy atom. The van der Waals surface area contributed by atoms with Crippen molar-refractivity contribution in [2.45, 2.75) is 13.3 Å². The number of hydrogen-bond acceptors (Lipinski definition) is 7. The molecular weight excluding hydrogens is 482 g/mol. The fraction of sp³-hybridized carbons (Fsp3) is 0.333. The maximum atomic E-state index is 13.2. The molecule has 1 amide bonds. The highest BCUT2D eigenvalue weighted by Gasteiger charge is 2.19. The zero-order valence-corrected chi connectivity index (χ0v) is 22.0. The molecule has 8 nitrogen and oxygen atoms in total. The lowest BCUT2D eigenvalue weighted by atomic mass is 10.0. The molecule has 0 unspecified atom stereocenters. The van der Waals surface area contributed by atoms with Gasteiger partial charge in [0.2, 0.25) is 0 Å². The van der Waals surface area contributed by atoms with Gasteiger partial charge in [0.1, 0.15) is 18.1 Å². The van der Waals surface area contributed by atoms with Crippen LogP contribution in [0.4, 0.5) is 5.69 Å². The second-order valence-corrected chi connectivity index (χ2v) is 9.28. The Balaban J connectivity index is 1.44. The van der Waals surface area contributed by atoms with Crippen LogP contribution in [-0.2, 0) is 4.74 Å². The van der Waals surface area contributed by atoms with Gasteiger partial charge in [0, 0.05) is 32.7 Å². The molecule has 1 saturated heterocycles. The Labute approximate surface area is 223 Å². The summed E-state index contributed by atoms with van der Waals surface area (Å²) in [6.45, 7) is 8.76. The Morgan fingerprint density at radius 2 is 1.58 bits per heavy atom. The summed E-state index contributed by atoms with van der Waals surface area (Å²) in [6.07, 6.45) is 1.17. The van der Waals surface area contributed by atoms with Crippen molar-refractivity contribution >= 4 is 17.6 Å². The first-order valence-corrected chi connectivity index (χ1v) is 13.0. The summed E-state index contributed by atoms with van der Waals surface area (Å²) in [7, 11) is 1.29. The average molecular weight is 518 g/mol. The minimum absolute atomic E-state index is 0.0524. The van der Waals surface area contributed by atoms with E-state index < -0.39 is 11.9 Å². The minimum atomic E-state index is -0.572. The second-order valence-electron chi connectivity index (χ2n) is 9.28. The molecule has 0 spiro atoms. The number of hydrogen-bond donors (Lipinski definition) is 2. The summed E-state index contributed by atoms with van der Waals surface area (Å²) in [4.78, 5) is 30.4. The summed E-state index contributed by atoms with van der Waals surface area (Å²) < 4.78 is 10.8. The molecule has 8 heteroatoms. The molecule has 3 aromatic carbocycles. The number of aromatic hydroxyl groups is 1. The van der Waals surface area contributed by atoms with E-state index in [1.165, 1.54) is 25.7 Å². The van der Waals surface area contributed by atoms with Crippen molar-refractivity contribution in [3.05, 3.63) is 77.9 Å². The van der Waals surface area contributed by atoms with Crippen LogP contribution < -0.4 is 10.1 Å². The monoisotopic (exact) mass is 517 g/mol. The fourth-order valence-electron chi connectivity index (χ4n) is 4.57. The SMILES string of the molecule is CCCN1CCN(CCOc2ccc(O)c(C(=O)Nc3cc(-c4ccccc4)ccc3C(=O)OC)c2)CC1. The fourth-order valence-corrected chi connectivity index (χ4v) is 4.57. The number of nitrogens with zero attached hydrogens (tertiary/aromatic N) is 2. The lowest BCUT2D eigenvalue weighted by Crippen LogP contribution is -2.47. The van der Waals surface area contributed by atoms with Crippen molar-refractivity contribution in [3.8, 4) is 22.6 Å². The maximum absolute atomic E-state index is 13.2. The zero-order valence-electron chi connectivity index (χ0n) is 22.0. The number of anilines is 1. The highest BCUT2D eigenvalue weighted by molar-refractivity contribution is 6.10. The van der Waals surface area contributed by atoms with Gasteiger partial charge in [-0.3, -0.25) is 9.69 Å². The molecule has 38 heavy (non-hydrogen) atoms. The van der Waals surface area contributed by atoms with Crippen LogP contribution in [0.25, 0.3) is 11.1 Å². The number of benzene rings is 3.